The van der Waals surface area contributed by atoms with E-state index in [2.05, 4.69) is 24.8 Å². The molecular formula is C16H25NO2S. The Hall–Kier alpha value is -0.870. The SMILES string of the molecule is CCCN1CCC(c2cccc(S(C)(=O)=O)c2)C(C)C1. The highest BCUT2D eigenvalue weighted by Gasteiger charge is 2.27. The molecule has 1 saturated heterocycles. The molecule has 4 heteroatoms. The van der Waals surface area contributed by atoms with Gasteiger partial charge in [-0.15, -0.1) is 0 Å². The third-order valence-electron chi connectivity index (χ3n) is 4.24. The van der Waals surface area contributed by atoms with Crippen LogP contribution in [-0.4, -0.2) is 39.2 Å². The molecule has 1 fully saturated rings. The maximum atomic E-state index is 11.7. The summed E-state index contributed by atoms with van der Waals surface area (Å²) in [6.45, 7) is 7.89. The van der Waals surface area contributed by atoms with E-state index in [1.165, 1.54) is 24.8 Å². The molecule has 0 bridgehead atoms. The van der Waals surface area contributed by atoms with Gasteiger partial charge in [0.15, 0.2) is 9.84 Å². The van der Waals surface area contributed by atoms with Crippen molar-refractivity contribution in [2.75, 3.05) is 25.9 Å². The van der Waals surface area contributed by atoms with Crippen molar-refractivity contribution < 1.29 is 8.42 Å². The Morgan fingerprint density at radius 1 is 1.35 bits per heavy atom. The second kappa shape index (κ2) is 6.27. The van der Waals surface area contributed by atoms with Gasteiger partial charge in [0.2, 0.25) is 0 Å². The van der Waals surface area contributed by atoms with Crippen molar-refractivity contribution in [1.29, 1.82) is 0 Å². The summed E-state index contributed by atoms with van der Waals surface area (Å²) in [5.74, 6) is 1.05. The van der Waals surface area contributed by atoms with E-state index in [4.69, 9.17) is 0 Å². The van der Waals surface area contributed by atoms with Crippen LogP contribution in [0.5, 0.6) is 0 Å². The standard InChI is InChI=1S/C16H25NO2S/c1-4-9-17-10-8-16(13(2)12-17)14-6-5-7-15(11-14)20(3,18)19/h5-7,11,13,16H,4,8-10,12H2,1-3H3. The highest BCUT2D eigenvalue weighted by atomic mass is 32.2. The van der Waals surface area contributed by atoms with E-state index in [9.17, 15) is 8.42 Å². The number of rotatable bonds is 4. The van der Waals surface area contributed by atoms with Crippen molar-refractivity contribution in [3.63, 3.8) is 0 Å². The molecule has 1 aromatic carbocycles. The lowest BCUT2D eigenvalue weighted by Gasteiger charge is -2.37. The Labute approximate surface area is 122 Å². The number of likely N-dealkylation sites (tertiary alicyclic amines) is 1. The Kier molecular flexibility index (Phi) is 4.86. The van der Waals surface area contributed by atoms with Crippen LogP contribution in [0.1, 0.15) is 38.2 Å². The lowest BCUT2D eigenvalue weighted by Crippen LogP contribution is -2.38. The summed E-state index contributed by atoms with van der Waals surface area (Å²) in [4.78, 5) is 2.96. The van der Waals surface area contributed by atoms with Crippen LogP contribution < -0.4 is 0 Å². The number of piperidine rings is 1. The van der Waals surface area contributed by atoms with Crippen LogP contribution >= 0.6 is 0 Å². The van der Waals surface area contributed by atoms with Crippen LogP contribution in [-0.2, 0) is 9.84 Å². The first-order chi connectivity index (χ1) is 9.41. The molecule has 20 heavy (non-hydrogen) atoms. The zero-order valence-electron chi connectivity index (χ0n) is 12.7. The predicted molar refractivity (Wildman–Crippen MR) is 82.8 cm³/mol. The number of hydrogen-bond donors (Lipinski definition) is 0. The summed E-state index contributed by atoms with van der Waals surface area (Å²) < 4.78 is 23.4. The first-order valence-corrected chi connectivity index (χ1v) is 9.33. The quantitative estimate of drug-likeness (QED) is 0.857. The fourth-order valence-corrected chi connectivity index (χ4v) is 3.90. The first kappa shape index (κ1) is 15.5. The van der Waals surface area contributed by atoms with Crippen molar-refractivity contribution in [2.45, 2.75) is 37.5 Å². The van der Waals surface area contributed by atoms with E-state index in [-0.39, 0.29) is 0 Å². The summed E-state index contributed by atoms with van der Waals surface area (Å²) in [5, 5.41) is 0. The second-order valence-electron chi connectivity index (χ2n) is 6.02. The smallest absolute Gasteiger partial charge is 0.175 e. The van der Waals surface area contributed by atoms with Crippen molar-refractivity contribution >= 4 is 9.84 Å². The summed E-state index contributed by atoms with van der Waals surface area (Å²) in [7, 11) is -3.11. The summed E-state index contributed by atoms with van der Waals surface area (Å²) in [6.07, 6.45) is 3.59. The van der Waals surface area contributed by atoms with E-state index < -0.39 is 9.84 Å². The Morgan fingerprint density at radius 3 is 2.70 bits per heavy atom. The van der Waals surface area contributed by atoms with Gasteiger partial charge in [-0.1, -0.05) is 26.0 Å². The first-order valence-electron chi connectivity index (χ1n) is 7.44. The molecule has 0 saturated carbocycles. The van der Waals surface area contributed by atoms with E-state index >= 15 is 0 Å². The minimum Gasteiger partial charge on any atom is -0.303 e. The summed E-state index contributed by atoms with van der Waals surface area (Å²) in [5.41, 5.74) is 1.18. The van der Waals surface area contributed by atoms with Gasteiger partial charge in [-0.3, -0.25) is 0 Å². The molecule has 3 nitrogen and oxygen atoms in total. The molecule has 1 aliphatic heterocycles. The molecule has 0 aromatic heterocycles. The minimum atomic E-state index is -3.11. The predicted octanol–water partition coefficient (Wildman–Crippen LogP) is 2.93. The van der Waals surface area contributed by atoms with Gasteiger partial charge in [-0.05, 0) is 55.5 Å². The van der Waals surface area contributed by atoms with Gasteiger partial charge in [0.05, 0.1) is 4.90 Å². The van der Waals surface area contributed by atoms with Gasteiger partial charge in [0.25, 0.3) is 0 Å². The molecule has 2 rings (SSSR count). The summed E-state index contributed by atoms with van der Waals surface area (Å²) >= 11 is 0. The normalized spacial score (nSPS) is 24.8. The third kappa shape index (κ3) is 3.61. The van der Waals surface area contributed by atoms with E-state index in [1.54, 1.807) is 6.07 Å². The average molecular weight is 295 g/mol. The molecule has 2 atom stereocenters. The molecule has 0 aliphatic carbocycles. The van der Waals surface area contributed by atoms with Gasteiger partial charge in [0.1, 0.15) is 0 Å². The highest BCUT2D eigenvalue weighted by molar-refractivity contribution is 7.90. The Balaban J connectivity index is 2.17. The maximum Gasteiger partial charge on any atom is 0.175 e. The molecule has 0 radical (unpaired) electrons. The number of hydrogen-bond acceptors (Lipinski definition) is 3. The van der Waals surface area contributed by atoms with Gasteiger partial charge < -0.3 is 4.90 Å². The van der Waals surface area contributed by atoms with Gasteiger partial charge >= 0.3 is 0 Å². The van der Waals surface area contributed by atoms with Crippen molar-refractivity contribution in [1.82, 2.24) is 4.90 Å². The molecule has 1 heterocycles. The van der Waals surface area contributed by atoms with Crippen LogP contribution in [0.15, 0.2) is 29.2 Å². The third-order valence-corrected chi connectivity index (χ3v) is 5.35. The van der Waals surface area contributed by atoms with Crippen LogP contribution in [0.2, 0.25) is 0 Å². The number of nitrogens with zero attached hydrogens (tertiary/aromatic N) is 1. The van der Waals surface area contributed by atoms with Gasteiger partial charge in [-0.25, -0.2) is 8.42 Å². The molecule has 1 aromatic rings. The molecule has 1 aliphatic rings. The zero-order chi connectivity index (χ0) is 14.8. The molecular weight excluding hydrogens is 270 g/mol. The fraction of sp³-hybridized carbons (Fsp3) is 0.625. The molecule has 0 spiro atoms. The minimum absolute atomic E-state index is 0.443. The fourth-order valence-electron chi connectivity index (χ4n) is 3.22. The van der Waals surface area contributed by atoms with E-state index in [0.717, 1.165) is 19.5 Å². The van der Waals surface area contributed by atoms with Crippen molar-refractivity contribution in [3.8, 4) is 0 Å². The zero-order valence-corrected chi connectivity index (χ0v) is 13.5. The average Bonchev–Trinajstić information content (AvgIpc) is 2.38. The van der Waals surface area contributed by atoms with Gasteiger partial charge in [-0.2, -0.15) is 0 Å². The maximum absolute atomic E-state index is 11.7. The molecule has 0 amide bonds. The Morgan fingerprint density at radius 2 is 2.10 bits per heavy atom. The molecule has 0 N–H and O–H groups in total. The Bertz CT molecular complexity index is 553. The van der Waals surface area contributed by atoms with Crippen LogP contribution in [0.4, 0.5) is 0 Å². The van der Waals surface area contributed by atoms with Crippen LogP contribution in [0, 0.1) is 5.92 Å². The topological polar surface area (TPSA) is 37.4 Å². The van der Waals surface area contributed by atoms with Crippen LogP contribution in [0.3, 0.4) is 0 Å². The monoisotopic (exact) mass is 295 g/mol. The molecule has 2 unspecified atom stereocenters. The van der Waals surface area contributed by atoms with Crippen molar-refractivity contribution in [2.24, 2.45) is 5.92 Å². The number of sulfone groups is 1. The highest BCUT2D eigenvalue weighted by Crippen LogP contribution is 2.33. The second-order valence-corrected chi connectivity index (χ2v) is 8.03. The van der Waals surface area contributed by atoms with E-state index in [0.29, 0.717) is 16.7 Å². The lowest BCUT2D eigenvalue weighted by molar-refractivity contribution is 0.163. The summed E-state index contributed by atoms with van der Waals surface area (Å²) in [6, 6.07) is 7.50. The van der Waals surface area contributed by atoms with Crippen LogP contribution in [0.25, 0.3) is 0 Å². The molecule has 112 valence electrons. The van der Waals surface area contributed by atoms with Crippen molar-refractivity contribution in [3.05, 3.63) is 29.8 Å². The largest absolute Gasteiger partial charge is 0.303 e. The van der Waals surface area contributed by atoms with E-state index in [1.807, 2.05) is 12.1 Å². The number of benzene rings is 1. The lowest BCUT2D eigenvalue weighted by atomic mass is 9.81. The van der Waals surface area contributed by atoms with Gasteiger partial charge in [0, 0.05) is 12.8 Å².